The lowest BCUT2D eigenvalue weighted by Gasteiger charge is -2.18. The number of hydrogen-bond donors (Lipinski definition) is 2. The van der Waals surface area contributed by atoms with Gasteiger partial charge in [0.1, 0.15) is 5.69 Å². The summed E-state index contributed by atoms with van der Waals surface area (Å²) in [5.41, 5.74) is 1.33. The lowest BCUT2D eigenvalue weighted by atomic mass is 10.2. The molecule has 0 aromatic heterocycles. The van der Waals surface area contributed by atoms with Gasteiger partial charge in [0.2, 0.25) is 0 Å². The minimum Gasteiger partial charge on any atom is -0.395 e. The van der Waals surface area contributed by atoms with Crippen molar-refractivity contribution in [2.24, 2.45) is 0 Å². The topological polar surface area (TPSA) is 78.6 Å². The van der Waals surface area contributed by atoms with E-state index in [0.717, 1.165) is 5.69 Å². The Bertz CT molecular complexity index is 382. The molecule has 0 spiro atoms. The Kier molecular flexibility index (Phi) is 4.07. The molecule has 0 aliphatic rings. The molecule has 88 valence electrons. The number of nitrogens with one attached hydrogen (secondary N) is 1. The van der Waals surface area contributed by atoms with Crippen molar-refractivity contribution in [1.29, 1.82) is 0 Å². The molecule has 6 heteroatoms. The van der Waals surface area contributed by atoms with Crippen molar-refractivity contribution in [2.45, 2.75) is 0 Å². The van der Waals surface area contributed by atoms with E-state index in [1.54, 1.807) is 19.2 Å². The summed E-state index contributed by atoms with van der Waals surface area (Å²) in [6.07, 6.45) is 0. The molecular formula is C10H15N3O3. The molecule has 0 aliphatic carbocycles. The first-order valence-electron chi connectivity index (χ1n) is 4.88. The normalized spacial score (nSPS) is 9.94. The highest BCUT2D eigenvalue weighted by Gasteiger charge is 2.13. The van der Waals surface area contributed by atoms with Crippen molar-refractivity contribution in [3.63, 3.8) is 0 Å². The van der Waals surface area contributed by atoms with Gasteiger partial charge in [0, 0.05) is 32.4 Å². The van der Waals surface area contributed by atoms with E-state index in [1.165, 1.54) is 6.07 Å². The fraction of sp³-hybridized carbons (Fsp3) is 0.400. The maximum Gasteiger partial charge on any atom is 0.292 e. The molecule has 0 saturated carbocycles. The molecule has 0 saturated heterocycles. The zero-order valence-corrected chi connectivity index (χ0v) is 9.30. The highest BCUT2D eigenvalue weighted by molar-refractivity contribution is 5.68. The molecule has 1 aromatic carbocycles. The van der Waals surface area contributed by atoms with Crippen molar-refractivity contribution in [3.05, 3.63) is 28.3 Å². The van der Waals surface area contributed by atoms with E-state index in [1.807, 2.05) is 11.9 Å². The Morgan fingerprint density at radius 2 is 2.25 bits per heavy atom. The van der Waals surface area contributed by atoms with E-state index in [4.69, 9.17) is 5.11 Å². The number of likely N-dealkylation sites (N-methyl/N-ethyl adjacent to an activating group) is 1. The minimum atomic E-state index is -0.429. The van der Waals surface area contributed by atoms with Gasteiger partial charge in [-0.2, -0.15) is 0 Å². The molecule has 0 atom stereocenters. The van der Waals surface area contributed by atoms with Crippen molar-refractivity contribution in [1.82, 2.24) is 0 Å². The average Bonchev–Trinajstić information content (AvgIpc) is 2.28. The molecular weight excluding hydrogens is 210 g/mol. The second-order valence-corrected chi connectivity index (χ2v) is 3.35. The van der Waals surface area contributed by atoms with Crippen molar-refractivity contribution in [2.75, 3.05) is 37.5 Å². The molecule has 0 unspecified atom stereocenters. The largest absolute Gasteiger partial charge is 0.395 e. The molecule has 0 aliphatic heterocycles. The number of nitrogens with zero attached hydrogens (tertiary/aromatic N) is 2. The number of aliphatic hydroxyl groups is 1. The van der Waals surface area contributed by atoms with Crippen LogP contribution in [0.1, 0.15) is 0 Å². The smallest absolute Gasteiger partial charge is 0.292 e. The van der Waals surface area contributed by atoms with Crippen LogP contribution in [0.5, 0.6) is 0 Å². The minimum absolute atomic E-state index is 0.0440. The molecule has 0 bridgehead atoms. The van der Waals surface area contributed by atoms with E-state index in [0.29, 0.717) is 12.2 Å². The van der Waals surface area contributed by atoms with Gasteiger partial charge in [-0.25, -0.2) is 0 Å². The summed E-state index contributed by atoms with van der Waals surface area (Å²) in [5.74, 6) is 0. The van der Waals surface area contributed by atoms with Gasteiger partial charge < -0.3 is 15.3 Å². The number of anilines is 2. The van der Waals surface area contributed by atoms with Crippen LogP contribution in [0.15, 0.2) is 18.2 Å². The number of nitro groups is 1. The summed E-state index contributed by atoms with van der Waals surface area (Å²) in [5, 5.41) is 22.3. The molecule has 6 nitrogen and oxygen atoms in total. The second kappa shape index (κ2) is 5.32. The molecule has 0 heterocycles. The summed E-state index contributed by atoms with van der Waals surface area (Å²) >= 11 is 0. The van der Waals surface area contributed by atoms with Gasteiger partial charge in [-0.1, -0.05) is 0 Å². The first kappa shape index (κ1) is 12.3. The molecule has 1 rings (SSSR count). The van der Waals surface area contributed by atoms with Gasteiger partial charge in [0.15, 0.2) is 0 Å². The van der Waals surface area contributed by atoms with E-state index < -0.39 is 4.92 Å². The van der Waals surface area contributed by atoms with Crippen LogP contribution in [-0.4, -0.2) is 37.3 Å². The van der Waals surface area contributed by atoms with Gasteiger partial charge in [-0.15, -0.1) is 0 Å². The van der Waals surface area contributed by atoms with Gasteiger partial charge >= 0.3 is 0 Å². The van der Waals surface area contributed by atoms with E-state index in [-0.39, 0.29) is 12.3 Å². The summed E-state index contributed by atoms with van der Waals surface area (Å²) in [7, 11) is 3.45. The zero-order valence-electron chi connectivity index (χ0n) is 9.30. The zero-order chi connectivity index (χ0) is 12.1. The van der Waals surface area contributed by atoms with Crippen LogP contribution < -0.4 is 10.2 Å². The number of hydrogen-bond acceptors (Lipinski definition) is 5. The summed E-state index contributed by atoms with van der Waals surface area (Å²) in [6, 6.07) is 4.80. The van der Waals surface area contributed by atoms with E-state index in [9.17, 15) is 10.1 Å². The van der Waals surface area contributed by atoms with Crippen LogP contribution >= 0.6 is 0 Å². The predicted octanol–water partition coefficient (Wildman–Crippen LogP) is 1.06. The standard InChI is InChI=1S/C10H15N3O3/c1-11-9-7-8(12(2)5-6-14)3-4-10(9)13(15)16/h3-4,7,11,14H,5-6H2,1-2H3. The first-order valence-corrected chi connectivity index (χ1v) is 4.88. The van der Waals surface area contributed by atoms with Crippen LogP contribution in [0.4, 0.5) is 17.1 Å². The maximum atomic E-state index is 10.7. The van der Waals surface area contributed by atoms with Crippen LogP contribution in [0.25, 0.3) is 0 Å². The van der Waals surface area contributed by atoms with Crippen LogP contribution in [-0.2, 0) is 0 Å². The molecule has 16 heavy (non-hydrogen) atoms. The van der Waals surface area contributed by atoms with Gasteiger partial charge in [0.25, 0.3) is 5.69 Å². The Hall–Kier alpha value is -1.82. The number of benzene rings is 1. The van der Waals surface area contributed by atoms with Gasteiger partial charge in [-0.05, 0) is 12.1 Å². The Labute approximate surface area is 93.6 Å². The molecule has 2 N–H and O–H groups in total. The predicted molar refractivity (Wildman–Crippen MR) is 63.0 cm³/mol. The maximum absolute atomic E-state index is 10.7. The van der Waals surface area contributed by atoms with E-state index in [2.05, 4.69) is 5.32 Å². The Morgan fingerprint density at radius 1 is 1.56 bits per heavy atom. The van der Waals surface area contributed by atoms with Crippen LogP contribution in [0, 0.1) is 10.1 Å². The third-order valence-electron chi connectivity index (χ3n) is 2.32. The number of nitro benzene ring substituents is 1. The summed E-state index contributed by atoms with van der Waals surface area (Å²) in [6.45, 7) is 0.531. The number of aliphatic hydroxyl groups excluding tert-OH is 1. The highest BCUT2D eigenvalue weighted by atomic mass is 16.6. The van der Waals surface area contributed by atoms with Crippen LogP contribution in [0.2, 0.25) is 0 Å². The van der Waals surface area contributed by atoms with Gasteiger partial charge in [-0.3, -0.25) is 10.1 Å². The quantitative estimate of drug-likeness (QED) is 0.578. The Balaban J connectivity index is 3.03. The average molecular weight is 225 g/mol. The molecule has 0 fully saturated rings. The lowest BCUT2D eigenvalue weighted by molar-refractivity contribution is -0.383. The first-order chi connectivity index (χ1) is 7.60. The highest BCUT2D eigenvalue weighted by Crippen LogP contribution is 2.28. The third kappa shape index (κ3) is 2.60. The summed E-state index contributed by atoms with van der Waals surface area (Å²) < 4.78 is 0. The fourth-order valence-corrected chi connectivity index (χ4v) is 1.40. The molecule has 0 radical (unpaired) electrons. The number of rotatable bonds is 5. The molecule has 1 aromatic rings. The van der Waals surface area contributed by atoms with Gasteiger partial charge in [0.05, 0.1) is 11.5 Å². The summed E-state index contributed by atoms with van der Waals surface area (Å²) in [4.78, 5) is 12.1. The third-order valence-corrected chi connectivity index (χ3v) is 2.32. The fourth-order valence-electron chi connectivity index (χ4n) is 1.40. The van der Waals surface area contributed by atoms with Crippen molar-refractivity contribution < 1.29 is 10.0 Å². The monoisotopic (exact) mass is 225 g/mol. The molecule has 0 amide bonds. The van der Waals surface area contributed by atoms with Crippen LogP contribution in [0.3, 0.4) is 0 Å². The second-order valence-electron chi connectivity index (χ2n) is 3.35. The van der Waals surface area contributed by atoms with E-state index >= 15 is 0 Å². The lowest BCUT2D eigenvalue weighted by Crippen LogP contribution is -2.21. The SMILES string of the molecule is CNc1cc(N(C)CCO)ccc1[N+](=O)[O-]. The van der Waals surface area contributed by atoms with Crippen molar-refractivity contribution >= 4 is 17.1 Å². The van der Waals surface area contributed by atoms with Crippen molar-refractivity contribution in [3.8, 4) is 0 Å². The Morgan fingerprint density at radius 3 is 2.75 bits per heavy atom.